The van der Waals surface area contributed by atoms with Crippen molar-refractivity contribution in [2.45, 2.75) is 0 Å². The summed E-state index contributed by atoms with van der Waals surface area (Å²) in [7, 11) is 0. The molecule has 21 heavy (non-hydrogen) atoms. The van der Waals surface area contributed by atoms with E-state index in [0.717, 1.165) is 5.56 Å². The normalized spacial score (nSPS) is 15.0. The molecule has 0 radical (unpaired) electrons. The van der Waals surface area contributed by atoms with E-state index in [0.29, 0.717) is 26.9 Å². The number of hydrogen-bond donors (Lipinski definition) is 1. The van der Waals surface area contributed by atoms with Gasteiger partial charge in [0.15, 0.2) is 5.78 Å². The van der Waals surface area contributed by atoms with E-state index < -0.39 is 0 Å². The molecule has 2 aromatic rings. The molecule has 3 nitrogen and oxygen atoms in total. The number of carbonyl (C=O) groups is 2. The maximum absolute atomic E-state index is 12.3. The number of allylic oxidation sites excluding steroid dienone is 1. The highest BCUT2D eigenvalue weighted by Crippen LogP contribution is 2.31. The topological polar surface area (TPSA) is 46.2 Å². The van der Waals surface area contributed by atoms with Gasteiger partial charge in [-0.05, 0) is 30.3 Å². The number of rotatable bonds is 2. The van der Waals surface area contributed by atoms with Crippen LogP contribution in [-0.2, 0) is 4.79 Å². The van der Waals surface area contributed by atoms with Crippen LogP contribution in [0.4, 0.5) is 5.69 Å². The molecular formula is C16H9Cl2NO2. The molecule has 0 bridgehead atoms. The molecule has 0 fully saturated rings. The zero-order chi connectivity index (χ0) is 15.0. The molecule has 0 spiro atoms. The standard InChI is InChI=1S/C16H9Cl2NO2/c17-12-6-5-9(7-13(12)18)15(20)8-11-10-3-1-2-4-14(10)19-16(11)21/h1-8H,(H,19,21)/b11-8+. The second kappa shape index (κ2) is 5.35. The van der Waals surface area contributed by atoms with Crippen molar-refractivity contribution < 1.29 is 9.59 Å². The molecule has 0 aliphatic carbocycles. The van der Waals surface area contributed by atoms with Crippen molar-refractivity contribution in [1.29, 1.82) is 0 Å². The first-order valence-corrected chi connectivity index (χ1v) is 6.93. The fourth-order valence-electron chi connectivity index (χ4n) is 2.15. The van der Waals surface area contributed by atoms with Crippen LogP contribution in [0.5, 0.6) is 0 Å². The molecule has 1 N–H and O–H groups in total. The number of hydrogen-bond acceptors (Lipinski definition) is 2. The third kappa shape index (κ3) is 2.58. The quantitative estimate of drug-likeness (QED) is 0.666. The first kappa shape index (κ1) is 13.9. The van der Waals surface area contributed by atoms with Crippen molar-refractivity contribution in [1.82, 2.24) is 0 Å². The Balaban J connectivity index is 2.00. The minimum Gasteiger partial charge on any atom is -0.321 e. The van der Waals surface area contributed by atoms with Crippen molar-refractivity contribution in [3.63, 3.8) is 0 Å². The SMILES string of the molecule is O=C1Nc2ccccc2/C1=C\C(=O)c1ccc(Cl)c(Cl)c1. The van der Waals surface area contributed by atoms with Crippen LogP contribution < -0.4 is 5.32 Å². The molecule has 5 heteroatoms. The summed E-state index contributed by atoms with van der Waals surface area (Å²) >= 11 is 11.7. The van der Waals surface area contributed by atoms with E-state index in [1.54, 1.807) is 24.3 Å². The van der Waals surface area contributed by atoms with E-state index in [4.69, 9.17) is 23.2 Å². The second-order valence-electron chi connectivity index (χ2n) is 4.55. The first-order valence-electron chi connectivity index (χ1n) is 6.18. The van der Waals surface area contributed by atoms with E-state index in [1.807, 2.05) is 12.1 Å². The van der Waals surface area contributed by atoms with Crippen molar-refractivity contribution in [3.8, 4) is 0 Å². The van der Waals surface area contributed by atoms with Gasteiger partial charge in [-0.25, -0.2) is 0 Å². The summed E-state index contributed by atoms with van der Waals surface area (Å²) in [6, 6.07) is 11.8. The van der Waals surface area contributed by atoms with Gasteiger partial charge in [-0.1, -0.05) is 41.4 Å². The van der Waals surface area contributed by atoms with Crippen LogP contribution in [-0.4, -0.2) is 11.7 Å². The fraction of sp³-hybridized carbons (Fsp3) is 0. The third-order valence-electron chi connectivity index (χ3n) is 3.19. The molecule has 1 aliphatic rings. The molecule has 1 heterocycles. The summed E-state index contributed by atoms with van der Waals surface area (Å²) < 4.78 is 0. The largest absolute Gasteiger partial charge is 0.321 e. The molecule has 0 saturated heterocycles. The Morgan fingerprint density at radius 3 is 2.57 bits per heavy atom. The zero-order valence-corrected chi connectivity index (χ0v) is 12.2. The molecule has 3 rings (SSSR count). The summed E-state index contributed by atoms with van der Waals surface area (Å²) in [5, 5.41) is 3.40. The molecule has 0 aromatic heterocycles. The Hall–Kier alpha value is -2.10. The van der Waals surface area contributed by atoms with Crippen molar-refractivity contribution in [2.75, 3.05) is 5.32 Å². The van der Waals surface area contributed by atoms with Crippen LogP contribution in [0, 0.1) is 0 Å². The van der Waals surface area contributed by atoms with Crippen LogP contribution in [0.3, 0.4) is 0 Å². The number of carbonyl (C=O) groups excluding carboxylic acids is 2. The van der Waals surface area contributed by atoms with Gasteiger partial charge < -0.3 is 5.32 Å². The molecule has 1 amide bonds. The average molecular weight is 318 g/mol. The zero-order valence-electron chi connectivity index (χ0n) is 10.7. The Morgan fingerprint density at radius 2 is 1.81 bits per heavy atom. The number of ketones is 1. The van der Waals surface area contributed by atoms with Crippen LogP contribution in [0.25, 0.3) is 5.57 Å². The Labute approximate surface area is 131 Å². The van der Waals surface area contributed by atoms with E-state index in [1.165, 1.54) is 12.1 Å². The molecule has 0 atom stereocenters. The van der Waals surface area contributed by atoms with Gasteiger partial charge in [-0.2, -0.15) is 0 Å². The maximum Gasteiger partial charge on any atom is 0.256 e. The molecule has 0 saturated carbocycles. The van der Waals surface area contributed by atoms with Crippen LogP contribution in [0.1, 0.15) is 15.9 Å². The third-order valence-corrected chi connectivity index (χ3v) is 3.93. The molecule has 0 unspecified atom stereocenters. The molecule has 104 valence electrons. The summed E-state index contributed by atoms with van der Waals surface area (Å²) in [5.74, 6) is -0.583. The van der Waals surface area contributed by atoms with Gasteiger partial charge >= 0.3 is 0 Å². The van der Waals surface area contributed by atoms with Gasteiger partial charge in [0.2, 0.25) is 0 Å². The highest BCUT2D eigenvalue weighted by Gasteiger charge is 2.24. The number of amides is 1. The minimum atomic E-state index is -0.296. The Morgan fingerprint density at radius 1 is 1.05 bits per heavy atom. The lowest BCUT2D eigenvalue weighted by molar-refractivity contribution is -0.110. The Bertz CT molecular complexity index is 797. The number of anilines is 1. The average Bonchev–Trinajstić information content (AvgIpc) is 2.78. The van der Waals surface area contributed by atoms with Gasteiger partial charge in [-0.3, -0.25) is 9.59 Å². The number of halogens is 2. The number of benzene rings is 2. The Kier molecular flexibility index (Phi) is 3.53. The summed E-state index contributed by atoms with van der Waals surface area (Å²) in [5.41, 5.74) is 2.15. The predicted octanol–water partition coefficient (Wildman–Crippen LogP) is 4.21. The predicted molar refractivity (Wildman–Crippen MR) is 83.8 cm³/mol. The highest BCUT2D eigenvalue weighted by atomic mass is 35.5. The van der Waals surface area contributed by atoms with Gasteiger partial charge in [0.25, 0.3) is 5.91 Å². The highest BCUT2D eigenvalue weighted by molar-refractivity contribution is 6.42. The lowest BCUT2D eigenvalue weighted by atomic mass is 10.0. The van der Waals surface area contributed by atoms with Gasteiger partial charge in [0, 0.05) is 16.8 Å². The second-order valence-corrected chi connectivity index (χ2v) is 5.37. The first-order chi connectivity index (χ1) is 10.1. The summed E-state index contributed by atoms with van der Waals surface area (Å²) in [6.07, 6.45) is 1.32. The number of fused-ring (bicyclic) bond motifs is 1. The number of para-hydroxylation sites is 1. The van der Waals surface area contributed by atoms with Crippen molar-refractivity contribution in [2.24, 2.45) is 0 Å². The molecule has 2 aromatic carbocycles. The van der Waals surface area contributed by atoms with Gasteiger partial charge in [-0.15, -0.1) is 0 Å². The van der Waals surface area contributed by atoms with Gasteiger partial charge in [0.1, 0.15) is 0 Å². The summed E-state index contributed by atoms with van der Waals surface area (Å²) in [6.45, 7) is 0. The smallest absolute Gasteiger partial charge is 0.256 e. The van der Waals surface area contributed by atoms with E-state index in [9.17, 15) is 9.59 Å². The van der Waals surface area contributed by atoms with Crippen LogP contribution in [0.2, 0.25) is 10.0 Å². The molecule has 1 aliphatic heterocycles. The van der Waals surface area contributed by atoms with E-state index in [-0.39, 0.29) is 11.7 Å². The van der Waals surface area contributed by atoms with E-state index >= 15 is 0 Å². The minimum absolute atomic E-state index is 0.287. The van der Waals surface area contributed by atoms with Crippen molar-refractivity contribution in [3.05, 3.63) is 69.7 Å². The number of nitrogens with one attached hydrogen (secondary N) is 1. The van der Waals surface area contributed by atoms with Crippen LogP contribution >= 0.6 is 23.2 Å². The fourth-order valence-corrected chi connectivity index (χ4v) is 2.44. The van der Waals surface area contributed by atoms with Crippen molar-refractivity contribution >= 4 is 46.2 Å². The van der Waals surface area contributed by atoms with E-state index in [2.05, 4.69) is 5.32 Å². The lowest BCUT2D eigenvalue weighted by Crippen LogP contribution is -2.06. The van der Waals surface area contributed by atoms with Gasteiger partial charge in [0.05, 0.1) is 15.6 Å². The van der Waals surface area contributed by atoms with Crippen LogP contribution in [0.15, 0.2) is 48.5 Å². The maximum atomic E-state index is 12.3. The summed E-state index contributed by atoms with van der Waals surface area (Å²) in [4.78, 5) is 24.2. The molecular weight excluding hydrogens is 309 g/mol. The monoisotopic (exact) mass is 317 g/mol. The lowest BCUT2D eigenvalue weighted by Gasteiger charge is -2.00.